The number of ether oxygens (including phenoxy) is 1. The van der Waals surface area contributed by atoms with E-state index in [0.717, 1.165) is 23.3 Å². The minimum Gasteiger partial charge on any atom is -0.489 e. The molecule has 0 N–H and O–H groups in total. The zero-order chi connectivity index (χ0) is 13.9. The highest BCUT2D eigenvalue weighted by Crippen LogP contribution is 2.38. The van der Waals surface area contributed by atoms with Crippen molar-refractivity contribution >= 4 is 0 Å². The Labute approximate surface area is 117 Å². The van der Waals surface area contributed by atoms with Crippen molar-refractivity contribution in [3.63, 3.8) is 0 Å². The maximum atomic E-state index is 8.40. The lowest BCUT2D eigenvalue weighted by Crippen LogP contribution is -2.16. The number of fused-ring (bicyclic) bond motifs is 1. The van der Waals surface area contributed by atoms with E-state index in [2.05, 4.69) is 53.3 Å². The fourth-order valence-electron chi connectivity index (χ4n) is 2.53. The maximum Gasteiger partial charge on any atom is 0.130 e. The Morgan fingerprint density at radius 3 is 2.80 bits per heavy atom. The molecule has 0 fully saturated rings. The standard InChI is InChI=1S/C16H15N3O/c1-11-5-7-12(8-6-11)15-4-2-3-13-9-14(10-18-19-17)20-16(13)15/h2-8,14H,9-10H2,1H3. The molecule has 0 saturated heterocycles. The van der Waals surface area contributed by atoms with Crippen LogP contribution in [0.2, 0.25) is 0 Å². The first-order chi connectivity index (χ1) is 9.78. The molecule has 1 atom stereocenters. The van der Waals surface area contributed by atoms with Crippen molar-refractivity contribution in [2.24, 2.45) is 5.11 Å². The molecule has 0 aliphatic carbocycles. The third-order valence-electron chi connectivity index (χ3n) is 3.54. The number of rotatable bonds is 3. The van der Waals surface area contributed by atoms with E-state index in [0.29, 0.717) is 6.54 Å². The van der Waals surface area contributed by atoms with Crippen LogP contribution < -0.4 is 4.74 Å². The van der Waals surface area contributed by atoms with Crippen molar-refractivity contribution in [3.05, 3.63) is 64.0 Å². The average Bonchev–Trinajstić information content (AvgIpc) is 2.89. The Bertz CT molecular complexity index is 673. The van der Waals surface area contributed by atoms with Gasteiger partial charge in [-0.25, -0.2) is 0 Å². The molecule has 1 aliphatic rings. The molecule has 1 aliphatic heterocycles. The maximum absolute atomic E-state index is 8.40. The van der Waals surface area contributed by atoms with Crippen molar-refractivity contribution in [3.8, 4) is 16.9 Å². The van der Waals surface area contributed by atoms with Gasteiger partial charge in [-0.05, 0) is 23.6 Å². The van der Waals surface area contributed by atoms with Crippen molar-refractivity contribution < 1.29 is 4.74 Å². The minimum absolute atomic E-state index is 0.0486. The lowest BCUT2D eigenvalue weighted by molar-refractivity contribution is 0.242. The molecule has 2 aromatic carbocycles. The van der Waals surface area contributed by atoms with E-state index >= 15 is 0 Å². The van der Waals surface area contributed by atoms with Gasteiger partial charge in [0.25, 0.3) is 0 Å². The predicted octanol–water partition coefficient (Wildman–Crippen LogP) is 4.28. The number of para-hydroxylation sites is 1. The van der Waals surface area contributed by atoms with Crippen molar-refractivity contribution in [2.75, 3.05) is 6.54 Å². The largest absolute Gasteiger partial charge is 0.489 e. The normalized spacial score (nSPS) is 16.1. The van der Waals surface area contributed by atoms with Crippen LogP contribution in [0.25, 0.3) is 21.6 Å². The van der Waals surface area contributed by atoms with Gasteiger partial charge in [-0.3, -0.25) is 0 Å². The average molecular weight is 265 g/mol. The molecule has 0 amide bonds. The fourth-order valence-corrected chi connectivity index (χ4v) is 2.53. The van der Waals surface area contributed by atoms with Crippen LogP contribution >= 0.6 is 0 Å². The van der Waals surface area contributed by atoms with E-state index in [4.69, 9.17) is 10.3 Å². The first-order valence-electron chi connectivity index (χ1n) is 6.64. The molecule has 20 heavy (non-hydrogen) atoms. The van der Waals surface area contributed by atoms with Crippen LogP contribution in [0.15, 0.2) is 47.6 Å². The Balaban J connectivity index is 1.94. The number of benzene rings is 2. The highest BCUT2D eigenvalue weighted by molar-refractivity contribution is 5.73. The second-order valence-electron chi connectivity index (χ2n) is 5.02. The molecule has 0 radical (unpaired) electrons. The Morgan fingerprint density at radius 2 is 2.05 bits per heavy atom. The molecule has 2 aromatic rings. The molecule has 0 spiro atoms. The summed E-state index contributed by atoms with van der Waals surface area (Å²) in [6.07, 6.45) is 0.751. The van der Waals surface area contributed by atoms with Crippen molar-refractivity contribution in [1.82, 2.24) is 0 Å². The first-order valence-corrected chi connectivity index (χ1v) is 6.64. The number of aryl methyl sites for hydroxylation is 1. The number of azide groups is 1. The summed E-state index contributed by atoms with van der Waals surface area (Å²) in [4.78, 5) is 2.80. The molecular formula is C16H15N3O. The summed E-state index contributed by atoms with van der Waals surface area (Å²) in [5.74, 6) is 0.925. The number of nitrogens with zero attached hydrogens (tertiary/aromatic N) is 3. The van der Waals surface area contributed by atoms with Gasteiger partial charge in [0.15, 0.2) is 0 Å². The molecule has 1 unspecified atom stereocenters. The molecule has 0 bridgehead atoms. The summed E-state index contributed by atoms with van der Waals surface area (Å²) >= 11 is 0. The number of hydrogen-bond acceptors (Lipinski definition) is 2. The summed E-state index contributed by atoms with van der Waals surface area (Å²) in [7, 11) is 0. The zero-order valence-corrected chi connectivity index (χ0v) is 11.3. The van der Waals surface area contributed by atoms with E-state index in [1.54, 1.807) is 0 Å². The Morgan fingerprint density at radius 1 is 1.25 bits per heavy atom. The third kappa shape index (κ3) is 2.33. The predicted molar refractivity (Wildman–Crippen MR) is 78.7 cm³/mol. The summed E-state index contributed by atoms with van der Waals surface area (Å²) < 4.78 is 5.96. The lowest BCUT2D eigenvalue weighted by atomic mass is 10.00. The van der Waals surface area contributed by atoms with Gasteiger partial charge in [0.2, 0.25) is 0 Å². The highest BCUT2D eigenvalue weighted by Gasteiger charge is 2.24. The van der Waals surface area contributed by atoms with Crippen LogP contribution in [0.5, 0.6) is 5.75 Å². The summed E-state index contributed by atoms with van der Waals surface area (Å²) in [6.45, 7) is 2.45. The van der Waals surface area contributed by atoms with E-state index in [-0.39, 0.29) is 6.10 Å². The summed E-state index contributed by atoms with van der Waals surface area (Å²) in [5.41, 5.74) is 13.1. The van der Waals surface area contributed by atoms with Crippen LogP contribution in [0.3, 0.4) is 0 Å². The second kappa shape index (κ2) is 5.27. The van der Waals surface area contributed by atoms with Gasteiger partial charge in [-0.15, -0.1) is 0 Å². The second-order valence-corrected chi connectivity index (χ2v) is 5.02. The zero-order valence-electron chi connectivity index (χ0n) is 11.3. The SMILES string of the molecule is Cc1ccc(-c2cccc3c2OC(CN=[N+]=[N-])C3)cc1. The van der Waals surface area contributed by atoms with E-state index in [9.17, 15) is 0 Å². The van der Waals surface area contributed by atoms with Gasteiger partial charge in [-0.2, -0.15) is 0 Å². The topological polar surface area (TPSA) is 58.0 Å². The molecule has 3 rings (SSSR count). The van der Waals surface area contributed by atoms with Crippen LogP contribution in [0, 0.1) is 6.92 Å². The van der Waals surface area contributed by atoms with Crippen LogP contribution in [0.4, 0.5) is 0 Å². The molecule has 100 valence electrons. The molecule has 1 heterocycles. The van der Waals surface area contributed by atoms with Gasteiger partial charge < -0.3 is 4.74 Å². The molecule has 0 aromatic heterocycles. The van der Waals surface area contributed by atoms with Gasteiger partial charge in [0.05, 0.1) is 6.54 Å². The number of hydrogen-bond donors (Lipinski definition) is 0. The van der Waals surface area contributed by atoms with E-state index in [1.165, 1.54) is 11.1 Å². The molecule has 0 saturated carbocycles. The third-order valence-corrected chi connectivity index (χ3v) is 3.54. The molecular weight excluding hydrogens is 250 g/mol. The van der Waals surface area contributed by atoms with Crippen LogP contribution in [-0.2, 0) is 6.42 Å². The minimum atomic E-state index is -0.0486. The van der Waals surface area contributed by atoms with Crippen LogP contribution in [0.1, 0.15) is 11.1 Å². The quantitative estimate of drug-likeness (QED) is 0.464. The van der Waals surface area contributed by atoms with Gasteiger partial charge in [0, 0.05) is 16.9 Å². The van der Waals surface area contributed by atoms with E-state index in [1.807, 2.05) is 6.07 Å². The monoisotopic (exact) mass is 265 g/mol. The first kappa shape index (κ1) is 12.6. The Kier molecular flexibility index (Phi) is 3.32. The van der Waals surface area contributed by atoms with Gasteiger partial charge in [-0.1, -0.05) is 53.1 Å². The van der Waals surface area contributed by atoms with Crippen LogP contribution in [-0.4, -0.2) is 12.6 Å². The van der Waals surface area contributed by atoms with E-state index < -0.39 is 0 Å². The molecule has 4 heteroatoms. The lowest BCUT2D eigenvalue weighted by Gasteiger charge is -2.11. The van der Waals surface area contributed by atoms with Crippen molar-refractivity contribution in [2.45, 2.75) is 19.4 Å². The highest BCUT2D eigenvalue weighted by atomic mass is 16.5. The summed E-state index contributed by atoms with van der Waals surface area (Å²) in [5, 5.41) is 3.61. The van der Waals surface area contributed by atoms with Gasteiger partial charge in [0.1, 0.15) is 11.9 Å². The summed E-state index contributed by atoms with van der Waals surface area (Å²) in [6, 6.07) is 14.6. The fraction of sp³-hybridized carbons (Fsp3) is 0.250. The smallest absolute Gasteiger partial charge is 0.130 e. The molecule has 4 nitrogen and oxygen atoms in total. The Hall–Kier alpha value is -2.45. The van der Waals surface area contributed by atoms with Crippen molar-refractivity contribution in [1.29, 1.82) is 0 Å². The van der Waals surface area contributed by atoms with Gasteiger partial charge >= 0.3 is 0 Å².